The van der Waals surface area contributed by atoms with Gasteiger partial charge in [-0.15, -0.1) is 0 Å². The van der Waals surface area contributed by atoms with Gasteiger partial charge >= 0.3 is 6.18 Å². The van der Waals surface area contributed by atoms with E-state index in [0.29, 0.717) is 36.9 Å². The maximum Gasteiger partial charge on any atom is 0.416 e. The summed E-state index contributed by atoms with van der Waals surface area (Å²) in [7, 11) is -3.56. The zero-order chi connectivity index (χ0) is 26.8. The molecule has 5 nitrogen and oxygen atoms in total. The van der Waals surface area contributed by atoms with Crippen molar-refractivity contribution in [2.75, 3.05) is 12.3 Å². The van der Waals surface area contributed by atoms with Crippen molar-refractivity contribution in [2.45, 2.75) is 68.7 Å². The Morgan fingerprint density at radius 3 is 2.43 bits per heavy atom. The fourth-order valence-electron chi connectivity index (χ4n) is 5.57. The molecule has 0 spiro atoms. The first-order valence-corrected chi connectivity index (χ1v) is 14.3. The van der Waals surface area contributed by atoms with Crippen molar-refractivity contribution >= 4 is 21.3 Å². The number of nitrogens with one attached hydrogen (secondary N) is 1. The minimum Gasteiger partial charge on any atom is -0.336 e. The van der Waals surface area contributed by atoms with Crippen LogP contribution in [0.15, 0.2) is 65.6 Å². The SMILES string of the molecule is CC(C)N[C@@H]1CC[C@H](N2CCC(c3cccc(C(F)(F)F)c3)=CC2=O)[C@H](CS(=O)(=O)c2ccccc2)C1. The lowest BCUT2D eigenvalue weighted by atomic mass is 9.80. The normalized spacial score (nSPS) is 23.3. The summed E-state index contributed by atoms with van der Waals surface area (Å²) in [4.78, 5) is 15.3. The Morgan fingerprint density at radius 1 is 1.05 bits per heavy atom. The summed E-state index contributed by atoms with van der Waals surface area (Å²) < 4.78 is 66.1. The molecule has 1 amide bonds. The van der Waals surface area contributed by atoms with Gasteiger partial charge in [0.2, 0.25) is 5.91 Å². The number of amides is 1. The molecule has 9 heteroatoms. The van der Waals surface area contributed by atoms with Crippen LogP contribution in [0.4, 0.5) is 13.2 Å². The van der Waals surface area contributed by atoms with Crippen LogP contribution in [0.25, 0.3) is 5.57 Å². The van der Waals surface area contributed by atoms with Gasteiger partial charge in [-0.2, -0.15) is 13.2 Å². The number of sulfone groups is 1. The van der Waals surface area contributed by atoms with Gasteiger partial charge in [0.05, 0.1) is 16.2 Å². The highest BCUT2D eigenvalue weighted by molar-refractivity contribution is 7.91. The summed E-state index contributed by atoms with van der Waals surface area (Å²) in [6.45, 7) is 4.45. The maximum absolute atomic E-state index is 13.3. The summed E-state index contributed by atoms with van der Waals surface area (Å²) in [6.07, 6.45) is -0.517. The molecule has 3 atom stereocenters. The molecule has 0 unspecified atom stereocenters. The lowest BCUT2D eigenvalue weighted by Crippen LogP contribution is -2.53. The van der Waals surface area contributed by atoms with Gasteiger partial charge in [-0.25, -0.2) is 8.42 Å². The van der Waals surface area contributed by atoms with Crippen molar-refractivity contribution in [1.29, 1.82) is 0 Å². The van der Waals surface area contributed by atoms with E-state index in [-0.39, 0.29) is 40.6 Å². The standard InChI is InChI=1S/C28H33F3N2O3S/c1-19(2)32-24-11-12-26(22(16-24)18-37(35,36)25-9-4-3-5-10-25)33-14-13-21(17-27(33)34)20-7-6-8-23(15-20)28(29,30)31/h3-10,15,17,19,22,24,26,32H,11-14,16,18H2,1-2H3/t22-,24+,26-/m0/s1. The fourth-order valence-corrected chi connectivity index (χ4v) is 7.26. The third kappa shape index (κ3) is 6.62. The van der Waals surface area contributed by atoms with Crippen LogP contribution in [0.1, 0.15) is 50.7 Å². The van der Waals surface area contributed by atoms with Gasteiger partial charge in [-0.3, -0.25) is 4.79 Å². The summed E-state index contributed by atoms with van der Waals surface area (Å²) >= 11 is 0. The molecule has 2 aromatic carbocycles. The van der Waals surface area contributed by atoms with E-state index in [9.17, 15) is 26.4 Å². The first-order chi connectivity index (χ1) is 17.4. The van der Waals surface area contributed by atoms with Crippen molar-refractivity contribution in [3.63, 3.8) is 0 Å². The first kappa shape index (κ1) is 27.4. The highest BCUT2D eigenvalue weighted by Crippen LogP contribution is 2.36. The third-order valence-electron chi connectivity index (χ3n) is 7.21. The number of benzene rings is 2. The van der Waals surface area contributed by atoms with Gasteiger partial charge in [0.25, 0.3) is 0 Å². The van der Waals surface area contributed by atoms with Gasteiger partial charge < -0.3 is 10.2 Å². The molecule has 0 bridgehead atoms. The van der Waals surface area contributed by atoms with E-state index in [1.54, 1.807) is 41.3 Å². The Hall–Kier alpha value is -2.65. The smallest absolute Gasteiger partial charge is 0.336 e. The molecular formula is C28H33F3N2O3S. The molecule has 2 aromatic rings. The molecule has 1 aliphatic carbocycles. The van der Waals surface area contributed by atoms with E-state index in [4.69, 9.17) is 0 Å². The van der Waals surface area contributed by atoms with Crippen molar-refractivity contribution in [3.05, 3.63) is 71.8 Å². The lowest BCUT2D eigenvalue weighted by Gasteiger charge is -2.44. The van der Waals surface area contributed by atoms with Crippen LogP contribution in [-0.2, 0) is 20.8 Å². The Morgan fingerprint density at radius 2 is 1.78 bits per heavy atom. The largest absolute Gasteiger partial charge is 0.416 e. The molecule has 37 heavy (non-hydrogen) atoms. The fraction of sp³-hybridized carbons (Fsp3) is 0.464. The second-order valence-electron chi connectivity index (χ2n) is 10.3. The van der Waals surface area contributed by atoms with Crippen LogP contribution >= 0.6 is 0 Å². The quantitative estimate of drug-likeness (QED) is 0.522. The Balaban J connectivity index is 1.57. The Bertz CT molecular complexity index is 1240. The molecule has 200 valence electrons. The molecule has 1 heterocycles. The molecule has 0 radical (unpaired) electrons. The predicted molar refractivity (Wildman–Crippen MR) is 137 cm³/mol. The predicted octanol–water partition coefficient (Wildman–Crippen LogP) is 5.33. The van der Waals surface area contributed by atoms with Crippen LogP contribution in [0.5, 0.6) is 0 Å². The number of alkyl halides is 3. The van der Waals surface area contributed by atoms with E-state index < -0.39 is 21.6 Å². The van der Waals surface area contributed by atoms with Crippen molar-refractivity contribution in [3.8, 4) is 0 Å². The summed E-state index contributed by atoms with van der Waals surface area (Å²) in [5.74, 6) is -0.602. The number of hydrogen-bond acceptors (Lipinski definition) is 4. The van der Waals surface area contributed by atoms with Crippen LogP contribution in [0.3, 0.4) is 0 Å². The molecule has 1 aliphatic heterocycles. The van der Waals surface area contributed by atoms with Gasteiger partial charge in [0, 0.05) is 30.7 Å². The van der Waals surface area contributed by atoms with E-state index >= 15 is 0 Å². The van der Waals surface area contributed by atoms with Gasteiger partial charge in [0.15, 0.2) is 9.84 Å². The van der Waals surface area contributed by atoms with Crippen LogP contribution < -0.4 is 5.32 Å². The average Bonchev–Trinajstić information content (AvgIpc) is 2.84. The summed E-state index contributed by atoms with van der Waals surface area (Å²) in [5.41, 5.74) is 0.203. The Kier molecular flexibility index (Phi) is 8.14. The minimum atomic E-state index is -4.46. The highest BCUT2D eigenvalue weighted by Gasteiger charge is 2.40. The van der Waals surface area contributed by atoms with Gasteiger partial charge in [-0.05, 0) is 67.0 Å². The van der Waals surface area contributed by atoms with E-state index in [1.165, 1.54) is 12.1 Å². The summed E-state index contributed by atoms with van der Waals surface area (Å²) in [6, 6.07) is 13.5. The molecule has 1 N–H and O–H groups in total. The third-order valence-corrected chi connectivity index (χ3v) is 9.07. The summed E-state index contributed by atoms with van der Waals surface area (Å²) in [5, 5.41) is 3.52. The number of nitrogens with zero attached hydrogens (tertiary/aromatic N) is 1. The van der Waals surface area contributed by atoms with E-state index in [0.717, 1.165) is 18.6 Å². The van der Waals surface area contributed by atoms with Gasteiger partial charge in [-0.1, -0.05) is 44.2 Å². The van der Waals surface area contributed by atoms with E-state index in [1.807, 2.05) is 0 Å². The first-order valence-electron chi connectivity index (χ1n) is 12.7. The minimum absolute atomic E-state index is 0.0636. The molecule has 4 rings (SSSR count). The monoisotopic (exact) mass is 534 g/mol. The van der Waals surface area contributed by atoms with E-state index in [2.05, 4.69) is 19.2 Å². The molecule has 1 saturated carbocycles. The second-order valence-corrected chi connectivity index (χ2v) is 12.3. The van der Waals surface area contributed by atoms with Crippen LogP contribution in [0, 0.1) is 5.92 Å². The topological polar surface area (TPSA) is 66.5 Å². The van der Waals surface area contributed by atoms with Crippen molar-refractivity contribution < 1.29 is 26.4 Å². The molecular weight excluding hydrogens is 501 g/mol. The maximum atomic E-state index is 13.3. The van der Waals surface area contributed by atoms with Crippen molar-refractivity contribution in [1.82, 2.24) is 10.2 Å². The number of hydrogen-bond donors (Lipinski definition) is 1. The molecule has 0 aromatic heterocycles. The number of carbonyl (C=O) groups excluding carboxylic acids is 1. The highest BCUT2D eigenvalue weighted by atomic mass is 32.2. The average molecular weight is 535 g/mol. The van der Waals surface area contributed by atoms with Crippen LogP contribution in [0.2, 0.25) is 0 Å². The Labute approximate surface area is 216 Å². The van der Waals surface area contributed by atoms with Gasteiger partial charge in [0.1, 0.15) is 0 Å². The van der Waals surface area contributed by atoms with Crippen molar-refractivity contribution in [2.24, 2.45) is 5.92 Å². The number of rotatable bonds is 7. The molecule has 0 saturated heterocycles. The van der Waals surface area contributed by atoms with Crippen LogP contribution in [-0.4, -0.2) is 49.6 Å². The molecule has 1 fully saturated rings. The zero-order valence-corrected chi connectivity index (χ0v) is 21.9. The second kappa shape index (κ2) is 11.0. The lowest BCUT2D eigenvalue weighted by molar-refractivity contribution is -0.137. The number of carbonyl (C=O) groups is 1. The zero-order valence-electron chi connectivity index (χ0n) is 21.0. The number of halogens is 3. The molecule has 2 aliphatic rings.